The fraction of sp³-hybridized carbons (Fsp3) is 0.571. The van der Waals surface area contributed by atoms with E-state index in [1.807, 2.05) is 12.1 Å². The summed E-state index contributed by atoms with van der Waals surface area (Å²) in [4.78, 5) is 0. The molecule has 16 heavy (non-hydrogen) atoms. The normalized spacial score (nSPS) is 19.6. The summed E-state index contributed by atoms with van der Waals surface area (Å²) in [5.74, 6) is 1.30. The van der Waals surface area contributed by atoms with Crippen LogP contribution in [0.15, 0.2) is 24.3 Å². The molecule has 2 N–H and O–H groups in total. The van der Waals surface area contributed by atoms with Crippen molar-refractivity contribution in [1.82, 2.24) is 0 Å². The molecule has 0 aliphatic heterocycles. The maximum absolute atomic E-state index is 5.94. The van der Waals surface area contributed by atoms with E-state index >= 15 is 0 Å². The van der Waals surface area contributed by atoms with Gasteiger partial charge in [-0.2, -0.15) is 0 Å². The van der Waals surface area contributed by atoms with Gasteiger partial charge in [0.05, 0.1) is 0 Å². The van der Waals surface area contributed by atoms with Gasteiger partial charge >= 0.3 is 0 Å². The number of hydrogen-bond donors (Lipinski definition) is 1. The maximum atomic E-state index is 5.94. The van der Waals surface area contributed by atoms with Crippen molar-refractivity contribution in [2.24, 2.45) is 11.7 Å². The van der Waals surface area contributed by atoms with Crippen molar-refractivity contribution >= 4 is 11.6 Å². The van der Waals surface area contributed by atoms with Crippen LogP contribution in [0.2, 0.25) is 5.02 Å². The highest BCUT2D eigenvalue weighted by atomic mass is 35.5. The van der Waals surface area contributed by atoms with Crippen LogP contribution in [-0.2, 0) is 0 Å². The van der Waals surface area contributed by atoms with Crippen molar-refractivity contribution in [3.05, 3.63) is 34.9 Å². The average molecular weight is 238 g/mol. The minimum Gasteiger partial charge on any atom is -0.330 e. The highest BCUT2D eigenvalue weighted by Crippen LogP contribution is 2.35. The minimum absolute atomic E-state index is 0.526. The molecule has 0 radical (unpaired) electrons. The lowest BCUT2D eigenvalue weighted by molar-refractivity contribution is 0.307. The molecule has 1 fully saturated rings. The zero-order valence-corrected chi connectivity index (χ0v) is 10.4. The van der Waals surface area contributed by atoms with Crippen LogP contribution in [0.25, 0.3) is 0 Å². The van der Waals surface area contributed by atoms with Gasteiger partial charge in [-0.25, -0.2) is 0 Å². The zero-order chi connectivity index (χ0) is 11.4. The average Bonchev–Trinajstić information content (AvgIpc) is 2.34. The van der Waals surface area contributed by atoms with Crippen molar-refractivity contribution in [1.29, 1.82) is 0 Å². The van der Waals surface area contributed by atoms with E-state index in [4.69, 9.17) is 17.3 Å². The van der Waals surface area contributed by atoms with Crippen LogP contribution in [0.1, 0.15) is 43.6 Å². The van der Waals surface area contributed by atoms with Crippen LogP contribution in [0.5, 0.6) is 0 Å². The molecule has 2 heteroatoms. The molecule has 1 atom stereocenters. The first-order valence-electron chi connectivity index (χ1n) is 6.27. The van der Waals surface area contributed by atoms with Crippen molar-refractivity contribution in [2.45, 2.75) is 38.0 Å². The first kappa shape index (κ1) is 11.9. The molecule has 0 aromatic heterocycles. The zero-order valence-electron chi connectivity index (χ0n) is 9.66. The fourth-order valence-electron chi connectivity index (χ4n) is 2.85. The third-order valence-electron chi connectivity index (χ3n) is 3.77. The lowest BCUT2D eigenvalue weighted by atomic mass is 9.77. The van der Waals surface area contributed by atoms with Crippen LogP contribution >= 0.6 is 11.6 Å². The molecule has 0 amide bonds. The lowest BCUT2D eigenvalue weighted by Gasteiger charge is -2.29. The predicted molar refractivity (Wildman–Crippen MR) is 69.8 cm³/mol. The molecule has 0 bridgehead atoms. The summed E-state index contributed by atoms with van der Waals surface area (Å²) in [6, 6.07) is 8.22. The molecular formula is C14H20ClN. The first-order valence-corrected chi connectivity index (χ1v) is 6.64. The largest absolute Gasteiger partial charge is 0.330 e. The van der Waals surface area contributed by atoms with Crippen LogP contribution in [0.4, 0.5) is 0 Å². The van der Waals surface area contributed by atoms with Crippen LogP contribution in [0, 0.1) is 5.92 Å². The Bertz CT molecular complexity index is 314. The molecule has 1 nitrogen and oxygen atoms in total. The van der Waals surface area contributed by atoms with E-state index in [1.165, 1.54) is 37.7 Å². The van der Waals surface area contributed by atoms with Crippen molar-refractivity contribution < 1.29 is 0 Å². The summed E-state index contributed by atoms with van der Waals surface area (Å²) >= 11 is 5.91. The molecule has 1 saturated carbocycles. The molecule has 1 aromatic carbocycles. The lowest BCUT2D eigenvalue weighted by Crippen LogP contribution is -2.23. The van der Waals surface area contributed by atoms with Gasteiger partial charge in [0.25, 0.3) is 0 Å². The van der Waals surface area contributed by atoms with E-state index in [0.717, 1.165) is 17.5 Å². The van der Waals surface area contributed by atoms with Crippen molar-refractivity contribution in [3.8, 4) is 0 Å². The molecule has 2 rings (SSSR count). The van der Waals surface area contributed by atoms with Gasteiger partial charge in [-0.15, -0.1) is 0 Å². The van der Waals surface area contributed by atoms with Crippen LogP contribution < -0.4 is 5.73 Å². The van der Waals surface area contributed by atoms with Gasteiger partial charge in [0.15, 0.2) is 0 Å². The van der Waals surface area contributed by atoms with Crippen LogP contribution in [-0.4, -0.2) is 6.54 Å². The standard InChI is InChI=1S/C14H20ClN/c15-13-8-6-12(7-9-13)14(10-16)11-4-2-1-3-5-11/h6-9,11,14H,1-5,10,16H2. The van der Waals surface area contributed by atoms with E-state index in [9.17, 15) is 0 Å². The van der Waals surface area contributed by atoms with E-state index in [-0.39, 0.29) is 0 Å². The van der Waals surface area contributed by atoms with Gasteiger partial charge in [0.2, 0.25) is 0 Å². The van der Waals surface area contributed by atoms with Gasteiger partial charge in [-0.3, -0.25) is 0 Å². The number of nitrogens with two attached hydrogens (primary N) is 1. The van der Waals surface area contributed by atoms with E-state index < -0.39 is 0 Å². The third kappa shape index (κ3) is 2.78. The van der Waals surface area contributed by atoms with Gasteiger partial charge in [0.1, 0.15) is 0 Å². The molecule has 88 valence electrons. The monoisotopic (exact) mass is 237 g/mol. The Balaban J connectivity index is 2.11. The maximum Gasteiger partial charge on any atom is 0.0406 e. The second-order valence-corrected chi connectivity index (χ2v) is 5.23. The van der Waals surface area contributed by atoms with Crippen molar-refractivity contribution in [3.63, 3.8) is 0 Å². The van der Waals surface area contributed by atoms with Gasteiger partial charge in [0, 0.05) is 5.02 Å². The van der Waals surface area contributed by atoms with Crippen molar-refractivity contribution in [2.75, 3.05) is 6.54 Å². The smallest absolute Gasteiger partial charge is 0.0406 e. The van der Waals surface area contributed by atoms with Gasteiger partial charge in [-0.05, 0) is 48.9 Å². The highest BCUT2D eigenvalue weighted by molar-refractivity contribution is 6.30. The SMILES string of the molecule is NCC(c1ccc(Cl)cc1)C1CCCCC1. The number of hydrogen-bond acceptors (Lipinski definition) is 1. The molecule has 0 saturated heterocycles. The Morgan fingerprint density at radius 3 is 2.31 bits per heavy atom. The topological polar surface area (TPSA) is 26.0 Å². The first-order chi connectivity index (χ1) is 7.81. The molecule has 0 heterocycles. The van der Waals surface area contributed by atoms with E-state index in [1.54, 1.807) is 0 Å². The molecular weight excluding hydrogens is 218 g/mol. The Kier molecular flexibility index (Phi) is 4.25. The summed E-state index contributed by atoms with van der Waals surface area (Å²) in [7, 11) is 0. The Hall–Kier alpha value is -0.530. The summed E-state index contributed by atoms with van der Waals surface area (Å²) in [5.41, 5.74) is 7.30. The summed E-state index contributed by atoms with van der Waals surface area (Å²) in [5, 5.41) is 0.808. The number of halogens is 1. The molecule has 1 aliphatic rings. The molecule has 1 aliphatic carbocycles. The third-order valence-corrected chi connectivity index (χ3v) is 4.02. The van der Waals surface area contributed by atoms with Crippen LogP contribution in [0.3, 0.4) is 0 Å². The van der Waals surface area contributed by atoms with Gasteiger partial charge in [-0.1, -0.05) is 43.0 Å². The summed E-state index contributed by atoms with van der Waals surface area (Å²) in [6.45, 7) is 0.756. The minimum atomic E-state index is 0.526. The van der Waals surface area contributed by atoms with E-state index in [0.29, 0.717) is 5.92 Å². The summed E-state index contributed by atoms with van der Waals surface area (Å²) < 4.78 is 0. The fourth-order valence-corrected chi connectivity index (χ4v) is 2.97. The predicted octanol–water partition coefficient (Wildman–Crippen LogP) is 3.96. The number of benzene rings is 1. The highest BCUT2D eigenvalue weighted by Gasteiger charge is 2.23. The quantitative estimate of drug-likeness (QED) is 0.846. The summed E-state index contributed by atoms with van der Waals surface area (Å²) in [6.07, 6.45) is 6.81. The second kappa shape index (κ2) is 5.70. The Morgan fingerprint density at radius 2 is 1.75 bits per heavy atom. The second-order valence-electron chi connectivity index (χ2n) is 4.79. The molecule has 1 unspecified atom stereocenters. The molecule has 1 aromatic rings. The number of rotatable bonds is 3. The Labute approximate surface area is 103 Å². The van der Waals surface area contributed by atoms with E-state index in [2.05, 4.69) is 12.1 Å². The molecule has 0 spiro atoms. The Morgan fingerprint density at radius 1 is 1.12 bits per heavy atom. The van der Waals surface area contributed by atoms with Gasteiger partial charge < -0.3 is 5.73 Å².